The maximum Gasteiger partial charge on any atom is 1.00 e. The minimum atomic E-state index is -4.77. The van der Waals surface area contributed by atoms with Gasteiger partial charge in [0.25, 0.3) is 5.91 Å². The number of nitrogens with zero attached hydrogens (tertiary/aromatic N) is 5. The van der Waals surface area contributed by atoms with E-state index in [1.165, 1.54) is 18.2 Å². The molecule has 3 aromatic carbocycles. The summed E-state index contributed by atoms with van der Waals surface area (Å²) in [4.78, 5) is 30.9. The molecule has 3 aliphatic heterocycles. The molecular formula is C38H39KN6O10S2. The molecule has 0 saturated carbocycles. The van der Waals surface area contributed by atoms with E-state index in [2.05, 4.69) is 15.3 Å². The Morgan fingerprint density at radius 3 is 2.19 bits per heavy atom. The van der Waals surface area contributed by atoms with Crippen molar-refractivity contribution in [3.8, 4) is 11.5 Å². The van der Waals surface area contributed by atoms with Crippen LogP contribution in [-0.4, -0.2) is 92.7 Å². The van der Waals surface area contributed by atoms with Crippen molar-refractivity contribution in [3.63, 3.8) is 0 Å². The summed E-state index contributed by atoms with van der Waals surface area (Å²) < 4.78 is 81.6. The normalized spacial score (nSPS) is 16.2. The Balaban J connectivity index is 0.00000620. The molecule has 0 aromatic heterocycles. The summed E-state index contributed by atoms with van der Waals surface area (Å²) in [6.45, 7) is 7.71. The molecule has 3 aliphatic rings. The molecule has 57 heavy (non-hydrogen) atoms. The fourth-order valence-electron chi connectivity index (χ4n) is 7.34. The number of likely N-dealkylation sites (N-methyl/N-ethyl adjacent to an activating group) is 2. The first-order chi connectivity index (χ1) is 26.0. The van der Waals surface area contributed by atoms with Gasteiger partial charge in [-0.05, 0) is 78.9 Å². The molecule has 19 heteroatoms. The molecule has 0 radical (unpaired) electrons. The molecule has 16 nitrogen and oxygen atoms in total. The van der Waals surface area contributed by atoms with Gasteiger partial charge < -0.3 is 29.2 Å². The van der Waals surface area contributed by atoms with E-state index in [1.54, 1.807) is 50.5 Å². The van der Waals surface area contributed by atoms with Gasteiger partial charge in [-0.3, -0.25) is 4.79 Å². The molecule has 0 spiro atoms. The Labute approximate surface area is 372 Å². The zero-order chi connectivity index (χ0) is 41.1. The molecule has 0 atom stereocenters. The maximum atomic E-state index is 13.4. The van der Waals surface area contributed by atoms with Gasteiger partial charge in [0.05, 0.1) is 54.5 Å². The average molecular weight is 843 g/mol. The largest absolute Gasteiger partial charge is 1.00 e. The number of carbonyl (C=O) groups is 2. The predicted octanol–water partition coefficient (Wildman–Crippen LogP) is 0.171. The van der Waals surface area contributed by atoms with E-state index >= 15 is 0 Å². The number of benzene rings is 3. The van der Waals surface area contributed by atoms with Crippen molar-refractivity contribution < 1.29 is 96.8 Å². The van der Waals surface area contributed by atoms with Gasteiger partial charge in [-0.1, -0.05) is 11.2 Å². The van der Waals surface area contributed by atoms with Crippen molar-refractivity contribution in [3.05, 3.63) is 109 Å². The summed E-state index contributed by atoms with van der Waals surface area (Å²) in [5, 5.41) is 17.6. The summed E-state index contributed by atoms with van der Waals surface area (Å²) >= 11 is 0. The van der Waals surface area contributed by atoms with Gasteiger partial charge in [0, 0.05) is 78.1 Å². The third-order valence-corrected chi connectivity index (χ3v) is 11.7. The summed E-state index contributed by atoms with van der Waals surface area (Å²) in [6.07, 6.45) is 3.71. The molecular weight excluding hydrogens is 804 g/mol. The number of rotatable bonds is 11. The molecule has 2 N–H and O–H groups in total. The Morgan fingerprint density at radius 1 is 0.930 bits per heavy atom. The number of carboxylic acid groups (broad SMARTS) is 1. The van der Waals surface area contributed by atoms with E-state index in [4.69, 9.17) is 10.3 Å². The number of hydrogen-bond acceptors (Lipinski definition) is 11. The van der Waals surface area contributed by atoms with E-state index < -0.39 is 54.7 Å². The van der Waals surface area contributed by atoms with E-state index in [-0.39, 0.29) is 109 Å². The van der Waals surface area contributed by atoms with Crippen LogP contribution in [0, 0.1) is 0 Å². The molecule has 0 saturated heterocycles. The van der Waals surface area contributed by atoms with Crippen LogP contribution < -0.4 is 81.5 Å². The Hall–Kier alpha value is -3.88. The maximum absolute atomic E-state index is 13.4. The number of nitrogens with one attached hydrogen (secondary N) is 1. The monoisotopic (exact) mass is 842 g/mol. The number of carbonyl (C=O) groups excluding carboxylic acids is 1. The van der Waals surface area contributed by atoms with Crippen LogP contribution in [0.1, 0.15) is 77.1 Å². The quantitative estimate of drug-likeness (QED) is 0.0392. The number of amides is 1. The van der Waals surface area contributed by atoms with Crippen LogP contribution in [0.2, 0.25) is 0 Å². The molecule has 0 bridgehead atoms. The van der Waals surface area contributed by atoms with Crippen molar-refractivity contribution in [2.45, 2.75) is 45.2 Å². The van der Waals surface area contributed by atoms with Crippen molar-refractivity contribution in [1.29, 1.82) is 0 Å². The van der Waals surface area contributed by atoms with Crippen molar-refractivity contribution >= 4 is 54.5 Å². The van der Waals surface area contributed by atoms with Crippen LogP contribution in [0.15, 0.2) is 59.7 Å². The zero-order valence-corrected chi connectivity index (χ0v) is 37.2. The number of azide groups is 1. The summed E-state index contributed by atoms with van der Waals surface area (Å²) in [7, 11) is -5.94. The number of ether oxygens (including phenoxy) is 1. The van der Waals surface area contributed by atoms with Gasteiger partial charge in [0.15, 0.2) is 5.54 Å². The topological polar surface area (TPSA) is 245 Å². The van der Waals surface area contributed by atoms with Crippen LogP contribution in [0.5, 0.6) is 11.5 Å². The number of anilines is 1. The van der Waals surface area contributed by atoms with Crippen LogP contribution in [0.25, 0.3) is 27.2 Å². The second-order valence-electron chi connectivity index (χ2n) is 15.0. The summed E-state index contributed by atoms with van der Waals surface area (Å²) in [5.74, 6) is -3.03. The van der Waals surface area contributed by atoms with E-state index in [0.29, 0.717) is 39.4 Å². The fraction of sp³-hybridized carbons (Fsp3) is 0.342. The van der Waals surface area contributed by atoms with Crippen molar-refractivity contribution in [2.75, 3.05) is 43.6 Å². The number of fused-ring (bicyclic) bond motifs is 4. The summed E-state index contributed by atoms with van der Waals surface area (Å²) in [6, 6.07) is 10.6. The first-order valence-corrected chi connectivity index (χ1v) is 20.5. The van der Waals surface area contributed by atoms with Crippen molar-refractivity contribution in [2.24, 2.45) is 5.11 Å². The van der Waals surface area contributed by atoms with E-state index in [9.17, 15) is 40.6 Å². The minimum Gasteiger partial charge on any atom is -0.748 e. The number of hydrogen-bond donors (Lipinski definition) is 2. The molecule has 3 heterocycles. The molecule has 0 unspecified atom stereocenters. The number of carboxylic acids is 1. The Kier molecular flexibility index (Phi) is 12.5. The minimum absolute atomic E-state index is 0. The van der Waals surface area contributed by atoms with E-state index in [0.717, 1.165) is 0 Å². The third kappa shape index (κ3) is 9.07. The Bertz CT molecular complexity index is 2720. The molecule has 294 valence electrons. The second kappa shape index (κ2) is 16.0. The van der Waals surface area contributed by atoms with Crippen molar-refractivity contribution in [1.82, 2.24) is 9.89 Å². The molecule has 0 aliphatic carbocycles. The second-order valence-corrected chi connectivity index (χ2v) is 17.8. The molecule has 6 rings (SSSR count). The first kappa shape index (κ1) is 44.2. The standard InChI is InChI=1S/C38H40N6O10S2.K/c1-37(2)17-22(19-55(48,49)50)25-13-28-32(15-30(25)43(37)5)54-33-16-31-26(23(20-56(51,52)53)18-38(3,4)44(31)6)14-29(33)34(28)27-12-21(8-9-24(27)36(46)47)35(45)40-10-7-11-41-42-39;/h8-9,12-18H,7,10-11,19-20H2,1-6H3,(H3-,40,45,46,47,48,49,50,51,52,53);/q;+1/p-1. The molecule has 1 amide bonds. The van der Waals surface area contributed by atoms with Crippen LogP contribution >= 0.6 is 0 Å². The van der Waals surface area contributed by atoms with Gasteiger partial charge >= 0.3 is 57.4 Å². The van der Waals surface area contributed by atoms with Gasteiger partial charge in [0.2, 0.25) is 5.36 Å². The van der Waals surface area contributed by atoms with Crippen LogP contribution in [0.3, 0.4) is 0 Å². The zero-order valence-electron chi connectivity index (χ0n) is 32.4. The van der Waals surface area contributed by atoms with Gasteiger partial charge in [-0.15, -0.1) is 0 Å². The number of aromatic carboxylic acids is 1. The average Bonchev–Trinajstić information content (AvgIpc) is 3.08. The third-order valence-electron chi connectivity index (χ3n) is 10.4. The van der Waals surface area contributed by atoms with Gasteiger partial charge in [-0.2, -0.15) is 0 Å². The predicted molar refractivity (Wildman–Crippen MR) is 207 cm³/mol. The summed E-state index contributed by atoms with van der Waals surface area (Å²) in [5.41, 5.74) is 9.30. The smallest absolute Gasteiger partial charge is 0.748 e. The SMILES string of the molecule is CN1c2cc3c(cc2C(CS(=O)(=O)[O-])=CC1(C)C)C(c1cc(C(=O)NCCCN=[N+]=[N-])ccc1C(=O)O)=c1cc2c(cc1O3)=[N+](C)C(C)(C)C=C2CS(=O)(=O)[O-].[K+]. The van der Waals surface area contributed by atoms with Gasteiger partial charge in [-0.25, -0.2) is 26.2 Å². The first-order valence-electron chi connectivity index (χ1n) is 17.4. The molecule has 0 fully saturated rings. The van der Waals surface area contributed by atoms with E-state index in [1.807, 2.05) is 37.2 Å². The van der Waals surface area contributed by atoms with Crippen LogP contribution in [0.4, 0.5) is 5.69 Å². The molecule has 3 aromatic rings. The Morgan fingerprint density at radius 2 is 1.58 bits per heavy atom. The van der Waals surface area contributed by atoms with Crippen LogP contribution in [-0.2, 0) is 20.2 Å². The van der Waals surface area contributed by atoms with Gasteiger partial charge in [0.1, 0.15) is 18.5 Å². The fourth-order valence-corrected chi connectivity index (χ4v) is 8.58.